The van der Waals surface area contributed by atoms with Crippen LogP contribution in [0.25, 0.3) is 12.2 Å². The van der Waals surface area contributed by atoms with E-state index in [0.717, 1.165) is 73.5 Å². The van der Waals surface area contributed by atoms with Gasteiger partial charge in [0.2, 0.25) is 0 Å². The largest absolute Gasteiger partial charge is 0.355 e. The van der Waals surface area contributed by atoms with Gasteiger partial charge in [-0.15, -0.1) is 0 Å². The smallest absolute Gasteiger partial charge is 0.0927 e. The molecule has 4 aliphatic heterocycles. The molecule has 39 heavy (non-hydrogen) atoms. The van der Waals surface area contributed by atoms with E-state index >= 15 is 0 Å². The number of aromatic amines is 1. The lowest BCUT2D eigenvalue weighted by atomic mass is 9.95. The van der Waals surface area contributed by atoms with Crippen LogP contribution in [0, 0.1) is 0 Å². The van der Waals surface area contributed by atoms with Gasteiger partial charge in [0.25, 0.3) is 0 Å². The van der Waals surface area contributed by atoms with Gasteiger partial charge < -0.3 is 4.98 Å². The lowest BCUT2D eigenvalue weighted by Crippen LogP contribution is -2.16. The van der Waals surface area contributed by atoms with E-state index in [1.165, 1.54) is 55.3 Å². The van der Waals surface area contributed by atoms with Gasteiger partial charge in [-0.3, -0.25) is 4.99 Å². The first kappa shape index (κ1) is 27.3. The molecule has 0 spiro atoms. The SMILES string of the molecule is CCC1=C(CC)C2=NC1=CC1=NC(C=C3N=C(C=c4[nH]c(c(CC)c4CC)=C2)C(CC)=C3CC)C(CC)=C1C. The maximum absolute atomic E-state index is 5.27. The van der Waals surface area contributed by atoms with Crippen LogP contribution in [0.4, 0.5) is 0 Å². The molecular weight excluding hydrogens is 476 g/mol. The van der Waals surface area contributed by atoms with E-state index in [9.17, 15) is 0 Å². The number of H-pyrrole nitrogens is 1. The maximum atomic E-state index is 5.27. The Morgan fingerprint density at radius 3 is 1.59 bits per heavy atom. The normalized spacial score (nSPS) is 20.6. The average molecular weight is 521 g/mol. The van der Waals surface area contributed by atoms with Gasteiger partial charge in [0.15, 0.2) is 0 Å². The Hall–Kier alpha value is -3.27. The molecule has 0 saturated heterocycles. The molecule has 4 nitrogen and oxygen atoms in total. The van der Waals surface area contributed by atoms with Gasteiger partial charge in [0, 0.05) is 10.7 Å². The van der Waals surface area contributed by atoms with Gasteiger partial charge >= 0.3 is 0 Å². The summed E-state index contributed by atoms with van der Waals surface area (Å²) in [5.41, 5.74) is 16.3. The van der Waals surface area contributed by atoms with E-state index in [0.29, 0.717) is 0 Å². The van der Waals surface area contributed by atoms with Crippen molar-refractivity contribution >= 4 is 29.3 Å². The molecule has 4 aliphatic rings. The van der Waals surface area contributed by atoms with E-state index < -0.39 is 0 Å². The molecule has 5 rings (SSSR count). The molecule has 0 fully saturated rings. The maximum Gasteiger partial charge on any atom is 0.0927 e. The lowest BCUT2D eigenvalue weighted by Gasteiger charge is -2.10. The summed E-state index contributed by atoms with van der Waals surface area (Å²) >= 11 is 0. The van der Waals surface area contributed by atoms with Crippen LogP contribution in [0.5, 0.6) is 0 Å². The minimum Gasteiger partial charge on any atom is -0.355 e. The second-order valence-electron chi connectivity index (χ2n) is 10.8. The molecule has 1 aromatic rings. The fraction of sp³-hybridized carbons (Fsp3) is 0.457. The van der Waals surface area contributed by atoms with Gasteiger partial charge in [-0.25, -0.2) is 9.98 Å². The number of hydrogen-bond donors (Lipinski definition) is 1. The molecule has 1 N–H and O–H groups in total. The Kier molecular flexibility index (Phi) is 7.75. The van der Waals surface area contributed by atoms with Crippen molar-refractivity contribution in [2.45, 2.75) is 106 Å². The molecule has 0 amide bonds. The Bertz CT molecular complexity index is 1590. The van der Waals surface area contributed by atoms with Crippen molar-refractivity contribution in [2.24, 2.45) is 15.0 Å². The minimum absolute atomic E-state index is 0.0265. The predicted molar refractivity (Wildman–Crippen MR) is 168 cm³/mol. The third kappa shape index (κ3) is 4.52. The second kappa shape index (κ2) is 11.1. The Labute approximate surface area is 234 Å². The number of fused-ring (bicyclic) bond motifs is 5. The van der Waals surface area contributed by atoms with Gasteiger partial charge in [-0.2, -0.15) is 0 Å². The molecule has 5 heterocycles. The number of nitrogens with one attached hydrogen (secondary N) is 1. The van der Waals surface area contributed by atoms with Crippen LogP contribution in [-0.2, 0) is 12.8 Å². The number of aliphatic imine (C=N–C) groups is 3. The molecule has 1 atom stereocenters. The lowest BCUT2D eigenvalue weighted by molar-refractivity contribution is 0.888. The molecule has 0 aromatic carbocycles. The Morgan fingerprint density at radius 1 is 0.590 bits per heavy atom. The minimum atomic E-state index is 0.0265. The van der Waals surface area contributed by atoms with Crippen molar-refractivity contribution in [1.82, 2.24) is 4.98 Å². The molecular formula is C35H44N4. The highest BCUT2D eigenvalue weighted by Crippen LogP contribution is 2.36. The second-order valence-corrected chi connectivity index (χ2v) is 10.8. The van der Waals surface area contributed by atoms with Crippen molar-refractivity contribution < 1.29 is 0 Å². The number of nitrogens with zero attached hydrogens (tertiary/aromatic N) is 3. The van der Waals surface area contributed by atoms with E-state index in [1.54, 1.807) is 0 Å². The zero-order valence-electron chi connectivity index (χ0n) is 25.2. The first-order chi connectivity index (χ1) is 18.9. The quantitative estimate of drug-likeness (QED) is 0.396. The first-order valence-corrected chi connectivity index (χ1v) is 15.2. The van der Waals surface area contributed by atoms with Crippen LogP contribution in [0.1, 0.15) is 98.6 Å². The van der Waals surface area contributed by atoms with Crippen molar-refractivity contribution in [3.05, 3.63) is 78.8 Å². The van der Waals surface area contributed by atoms with Crippen LogP contribution in [-0.4, -0.2) is 28.2 Å². The molecule has 1 aromatic heterocycles. The van der Waals surface area contributed by atoms with Crippen molar-refractivity contribution in [2.75, 3.05) is 0 Å². The summed E-state index contributed by atoms with van der Waals surface area (Å²) < 4.78 is 0. The molecule has 1 unspecified atom stereocenters. The number of hydrogen-bond acceptors (Lipinski definition) is 3. The Morgan fingerprint density at radius 2 is 1.10 bits per heavy atom. The summed E-state index contributed by atoms with van der Waals surface area (Å²) in [6.45, 7) is 18.0. The predicted octanol–water partition coefficient (Wildman–Crippen LogP) is 7.17. The summed E-state index contributed by atoms with van der Waals surface area (Å²) in [5.74, 6) is 0. The fourth-order valence-corrected chi connectivity index (χ4v) is 6.92. The van der Waals surface area contributed by atoms with Crippen LogP contribution < -0.4 is 10.7 Å². The number of allylic oxidation sites excluding steroid dienone is 6. The Balaban J connectivity index is 1.88. The fourth-order valence-electron chi connectivity index (χ4n) is 6.92. The van der Waals surface area contributed by atoms with E-state index in [-0.39, 0.29) is 6.04 Å². The summed E-state index contributed by atoms with van der Waals surface area (Å²) in [5, 5.41) is 2.37. The summed E-state index contributed by atoms with van der Waals surface area (Å²) in [7, 11) is 0. The topological polar surface area (TPSA) is 52.9 Å². The zero-order chi connectivity index (χ0) is 27.8. The standard InChI is InChI=1S/C35H44N4/c1-9-21-20(8)28-16-30-22(10-2)23(11-3)32(37-30)18-34-26(14-6)27(15-7)35(39-34)19-33-25(13-5)24(12-4)31(38-33)17-29(21)36-28/h16-19,29,39H,9-15H2,1-8H3. The molecule has 4 heteroatoms. The van der Waals surface area contributed by atoms with Crippen LogP contribution >= 0.6 is 0 Å². The molecule has 0 radical (unpaired) electrons. The van der Waals surface area contributed by atoms with Crippen molar-refractivity contribution in [1.29, 1.82) is 0 Å². The third-order valence-electron chi connectivity index (χ3n) is 8.89. The highest BCUT2D eigenvalue weighted by atomic mass is 14.9. The zero-order valence-corrected chi connectivity index (χ0v) is 25.2. The highest BCUT2D eigenvalue weighted by molar-refractivity contribution is 6.25. The average Bonchev–Trinajstić information content (AvgIpc) is 3.64. The first-order valence-electron chi connectivity index (χ1n) is 15.2. The van der Waals surface area contributed by atoms with E-state index in [4.69, 9.17) is 15.0 Å². The van der Waals surface area contributed by atoms with Gasteiger partial charge in [0.1, 0.15) is 0 Å². The summed E-state index contributed by atoms with van der Waals surface area (Å²) in [6.07, 6.45) is 16.0. The summed E-state index contributed by atoms with van der Waals surface area (Å²) in [4.78, 5) is 19.6. The molecule has 204 valence electrons. The molecule has 0 saturated carbocycles. The van der Waals surface area contributed by atoms with Gasteiger partial charge in [-0.1, -0.05) is 48.5 Å². The number of aromatic nitrogens is 1. The van der Waals surface area contributed by atoms with Crippen LogP contribution in [0.15, 0.2) is 72.0 Å². The molecule has 8 bridgehead atoms. The van der Waals surface area contributed by atoms with Crippen LogP contribution in [0.2, 0.25) is 0 Å². The van der Waals surface area contributed by atoms with E-state index in [1.807, 2.05) is 0 Å². The van der Waals surface area contributed by atoms with Gasteiger partial charge in [0.05, 0.1) is 34.6 Å². The van der Waals surface area contributed by atoms with E-state index in [2.05, 4.69) is 84.7 Å². The summed E-state index contributed by atoms with van der Waals surface area (Å²) in [6, 6.07) is 0.0265. The van der Waals surface area contributed by atoms with Gasteiger partial charge in [-0.05, 0) is 121 Å². The van der Waals surface area contributed by atoms with Crippen molar-refractivity contribution in [3.63, 3.8) is 0 Å². The van der Waals surface area contributed by atoms with Crippen molar-refractivity contribution in [3.8, 4) is 0 Å². The van der Waals surface area contributed by atoms with Crippen LogP contribution in [0.3, 0.4) is 0 Å². The number of rotatable bonds is 7. The monoisotopic (exact) mass is 520 g/mol. The molecule has 0 aliphatic carbocycles. The third-order valence-corrected chi connectivity index (χ3v) is 8.89. The highest BCUT2D eigenvalue weighted by Gasteiger charge is 2.28.